The fraction of sp³-hybridized carbons (Fsp3) is 0.700. The van der Waals surface area contributed by atoms with E-state index < -0.39 is 0 Å². The number of hydrogen-bond acceptors (Lipinski definition) is 4. The maximum Gasteiger partial charge on any atom is 0.333 e. The fourth-order valence-electron chi connectivity index (χ4n) is 1.07. The molecule has 0 aromatic rings. The van der Waals surface area contributed by atoms with Gasteiger partial charge in [-0.05, 0) is 6.92 Å². The molecule has 2 atom stereocenters. The van der Waals surface area contributed by atoms with Gasteiger partial charge in [-0.1, -0.05) is 6.58 Å². The molecule has 1 aliphatic rings. The number of epoxide rings is 1. The second-order valence-corrected chi connectivity index (χ2v) is 3.40. The lowest BCUT2D eigenvalue weighted by atomic mass is 10.1. The Kier molecular flexibility index (Phi) is 4.10. The van der Waals surface area contributed by atoms with Crippen molar-refractivity contribution in [2.24, 2.45) is 0 Å². The molecule has 0 bridgehead atoms. The van der Waals surface area contributed by atoms with E-state index in [0.717, 1.165) is 6.61 Å². The Morgan fingerprint density at radius 3 is 2.86 bits per heavy atom. The molecule has 1 heterocycles. The summed E-state index contributed by atoms with van der Waals surface area (Å²) in [4.78, 5) is 11.0. The van der Waals surface area contributed by atoms with Gasteiger partial charge >= 0.3 is 5.97 Å². The van der Waals surface area contributed by atoms with Crippen molar-refractivity contribution in [2.45, 2.75) is 25.6 Å². The predicted molar refractivity (Wildman–Crippen MR) is 50.9 cm³/mol. The molecule has 1 rings (SSSR count). The molecule has 80 valence electrons. The van der Waals surface area contributed by atoms with Crippen molar-refractivity contribution >= 4 is 5.97 Å². The van der Waals surface area contributed by atoms with E-state index in [1.807, 2.05) is 6.92 Å². The second kappa shape index (κ2) is 5.12. The van der Waals surface area contributed by atoms with Gasteiger partial charge in [0.15, 0.2) is 0 Å². The lowest BCUT2D eigenvalue weighted by Gasteiger charge is -2.12. The Hall–Kier alpha value is -0.870. The van der Waals surface area contributed by atoms with E-state index in [2.05, 4.69) is 11.3 Å². The molecule has 0 amide bonds. The maximum absolute atomic E-state index is 11.0. The summed E-state index contributed by atoms with van der Waals surface area (Å²) in [5.41, 5.74) is 0.441. The number of methoxy groups -OCH3 is 1. The second-order valence-electron chi connectivity index (χ2n) is 3.40. The third-order valence-corrected chi connectivity index (χ3v) is 1.98. The Morgan fingerprint density at radius 1 is 1.71 bits per heavy atom. The molecule has 1 saturated heterocycles. The van der Waals surface area contributed by atoms with Gasteiger partial charge in [0.1, 0.15) is 6.10 Å². The highest BCUT2D eigenvalue weighted by atomic mass is 16.6. The number of hydrogen-bond donors (Lipinski definition) is 0. The molecule has 0 aliphatic carbocycles. The van der Waals surface area contributed by atoms with Crippen molar-refractivity contribution in [1.29, 1.82) is 0 Å². The van der Waals surface area contributed by atoms with Crippen molar-refractivity contribution in [1.82, 2.24) is 0 Å². The first-order valence-corrected chi connectivity index (χ1v) is 4.62. The van der Waals surface area contributed by atoms with Gasteiger partial charge in [-0.3, -0.25) is 0 Å². The van der Waals surface area contributed by atoms with Crippen molar-refractivity contribution in [2.75, 3.05) is 20.3 Å². The van der Waals surface area contributed by atoms with Gasteiger partial charge in [0.05, 0.1) is 26.4 Å². The van der Waals surface area contributed by atoms with Crippen LogP contribution in [-0.4, -0.2) is 38.5 Å². The number of carbonyl (C=O) groups is 1. The number of carbonyl (C=O) groups excluding carboxylic acids is 1. The molecule has 4 heteroatoms. The van der Waals surface area contributed by atoms with E-state index in [-0.39, 0.29) is 18.2 Å². The van der Waals surface area contributed by atoms with E-state index >= 15 is 0 Å². The molecule has 2 unspecified atom stereocenters. The molecule has 0 aromatic heterocycles. The van der Waals surface area contributed by atoms with Gasteiger partial charge in [-0.2, -0.15) is 0 Å². The monoisotopic (exact) mass is 200 g/mol. The SMILES string of the molecule is C=C(CC(C)OCC1CO1)C(=O)OC. The van der Waals surface area contributed by atoms with Crippen LogP contribution in [0.15, 0.2) is 12.2 Å². The summed E-state index contributed by atoms with van der Waals surface area (Å²) in [7, 11) is 1.34. The zero-order chi connectivity index (χ0) is 10.6. The molecule has 0 aromatic carbocycles. The quantitative estimate of drug-likeness (QED) is 0.363. The topological polar surface area (TPSA) is 48.1 Å². The fourth-order valence-corrected chi connectivity index (χ4v) is 1.07. The molecule has 0 saturated carbocycles. The Balaban J connectivity index is 2.14. The largest absolute Gasteiger partial charge is 0.466 e. The van der Waals surface area contributed by atoms with Crippen LogP contribution in [0.4, 0.5) is 0 Å². The van der Waals surface area contributed by atoms with Crippen molar-refractivity contribution < 1.29 is 19.0 Å². The van der Waals surface area contributed by atoms with Crippen molar-refractivity contribution in [3.63, 3.8) is 0 Å². The van der Waals surface area contributed by atoms with Crippen LogP contribution in [0.5, 0.6) is 0 Å². The van der Waals surface area contributed by atoms with Gasteiger partial charge in [-0.25, -0.2) is 4.79 Å². The summed E-state index contributed by atoms with van der Waals surface area (Å²) in [6.07, 6.45) is 0.731. The molecular formula is C10H16O4. The van der Waals surface area contributed by atoms with Crippen LogP contribution < -0.4 is 0 Å². The average Bonchev–Trinajstić information content (AvgIpc) is 2.96. The zero-order valence-electron chi connectivity index (χ0n) is 8.62. The van der Waals surface area contributed by atoms with Gasteiger partial charge < -0.3 is 14.2 Å². The molecule has 1 aliphatic heterocycles. The van der Waals surface area contributed by atoms with Crippen LogP contribution in [0.1, 0.15) is 13.3 Å². The average molecular weight is 200 g/mol. The predicted octanol–water partition coefficient (Wildman–Crippen LogP) is 0.910. The van der Waals surface area contributed by atoms with E-state index in [0.29, 0.717) is 18.6 Å². The molecule has 0 spiro atoms. The minimum absolute atomic E-state index is 0.0224. The molecular weight excluding hydrogens is 184 g/mol. The molecule has 14 heavy (non-hydrogen) atoms. The third-order valence-electron chi connectivity index (χ3n) is 1.98. The Labute approximate surface area is 83.8 Å². The summed E-state index contributed by atoms with van der Waals surface area (Å²) >= 11 is 0. The number of rotatable bonds is 6. The number of esters is 1. The summed E-state index contributed by atoms with van der Waals surface area (Å²) in [5, 5.41) is 0. The summed E-state index contributed by atoms with van der Waals surface area (Å²) in [6.45, 7) is 6.90. The van der Waals surface area contributed by atoms with Crippen LogP contribution >= 0.6 is 0 Å². The summed E-state index contributed by atoms with van der Waals surface area (Å²) < 4.78 is 15.0. The van der Waals surface area contributed by atoms with Crippen LogP contribution in [0.3, 0.4) is 0 Å². The highest BCUT2D eigenvalue weighted by Gasteiger charge is 2.23. The van der Waals surface area contributed by atoms with E-state index in [4.69, 9.17) is 9.47 Å². The maximum atomic E-state index is 11.0. The standard InChI is InChI=1S/C10H16O4/c1-7(10(11)12-3)4-8(2)13-5-9-6-14-9/h8-9H,1,4-6H2,2-3H3. The van der Waals surface area contributed by atoms with Crippen LogP contribution in [-0.2, 0) is 19.0 Å². The first-order chi connectivity index (χ1) is 6.63. The minimum Gasteiger partial charge on any atom is -0.466 e. The molecule has 0 radical (unpaired) electrons. The van der Waals surface area contributed by atoms with Crippen LogP contribution in [0, 0.1) is 0 Å². The first kappa shape index (κ1) is 11.2. The lowest BCUT2D eigenvalue weighted by molar-refractivity contribution is -0.136. The molecule has 1 fully saturated rings. The van der Waals surface area contributed by atoms with Crippen LogP contribution in [0.2, 0.25) is 0 Å². The van der Waals surface area contributed by atoms with Crippen LogP contribution in [0.25, 0.3) is 0 Å². The molecule has 0 N–H and O–H groups in total. The summed E-state index contributed by atoms with van der Waals surface area (Å²) in [6, 6.07) is 0. The van der Waals surface area contributed by atoms with E-state index in [9.17, 15) is 4.79 Å². The summed E-state index contributed by atoms with van der Waals surface area (Å²) in [5.74, 6) is -0.372. The third kappa shape index (κ3) is 3.89. The smallest absolute Gasteiger partial charge is 0.333 e. The van der Waals surface area contributed by atoms with E-state index in [1.54, 1.807) is 0 Å². The van der Waals surface area contributed by atoms with Crippen molar-refractivity contribution in [3.8, 4) is 0 Å². The highest BCUT2D eigenvalue weighted by molar-refractivity contribution is 5.87. The van der Waals surface area contributed by atoms with E-state index in [1.165, 1.54) is 7.11 Å². The Bertz CT molecular complexity index is 220. The normalized spacial score (nSPS) is 21.4. The minimum atomic E-state index is -0.372. The molecule has 4 nitrogen and oxygen atoms in total. The van der Waals surface area contributed by atoms with Gasteiger partial charge in [0.2, 0.25) is 0 Å². The van der Waals surface area contributed by atoms with Crippen molar-refractivity contribution in [3.05, 3.63) is 12.2 Å². The highest BCUT2D eigenvalue weighted by Crippen LogP contribution is 2.13. The van der Waals surface area contributed by atoms with Gasteiger partial charge in [0.25, 0.3) is 0 Å². The zero-order valence-corrected chi connectivity index (χ0v) is 8.62. The lowest BCUT2D eigenvalue weighted by Crippen LogP contribution is -2.16. The van der Waals surface area contributed by atoms with Gasteiger partial charge in [0, 0.05) is 12.0 Å². The number of ether oxygens (including phenoxy) is 3. The van der Waals surface area contributed by atoms with Gasteiger partial charge in [-0.15, -0.1) is 0 Å². The Morgan fingerprint density at radius 2 is 2.36 bits per heavy atom. The first-order valence-electron chi connectivity index (χ1n) is 4.62.